The summed E-state index contributed by atoms with van der Waals surface area (Å²) in [5, 5.41) is 0. The van der Waals surface area contributed by atoms with Gasteiger partial charge in [0.25, 0.3) is 0 Å². The molecule has 7 heteroatoms. The second-order valence-corrected chi connectivity index (χ2v) is 20.4. The number of halogens is 2. The van der Waals surface area contributed by atoms with Crippen molar-refractivity contribution in [3.63, 3.8) is 0 Å². The van der Waals surface area contributed by atoms with Crippen LogP contribution in [-0.2, 0) is 17.7 Å². The van der Waals surface area contributed by atoms with E-state index in [0.717, 1.165) is 6.54 Å². The van der Waals surface area contributed by atoms with Gasteiger partial charge in [0.15, 0.2) is 0 Å². The number of hydrogen-bond acceptors (Lipinski definition) is 3. The molecule has 0 radical (unpaired) electrons. The minimum atomic E-state index is 0.347. The number of nitrogens with two attached hydrogens (primary N) is 1. The molecule has 1 aliphatic heterocycles. The Kier molecular flexibility index (Phi) is 15.0. The molecule has 0 unspecified atom stereocenters. The molecule has 0 aliphatic carbocycles. The van der Waals surface area contributed by atoms with Crippen molar-refractivity contribution in [3.05, 3.63) is 60.7 Å². The molecule has 0 saturated carbocycles. The third-order valence-electron chi connectivity index (χ3n) is 2.18. The molecule has 1 heterocycles. The maximum atomic E-state index is 6.33. The summed E-state index contributed by atoms with van der Waals surface area (Å²) < 4.78 is 0. The third-order valence-corrected chi connectivity index (χ3v) is 2.18. The van der Waals surface area contributed by atoms with Gasteiger partial charge >= 0.3 is 49.9 Å². The Morgan fingerprint density at radius 1 is 1.25 bits per heavy atom. The number of benzene rings is 1. The fourth-order valence-corrected chi connectivity index (χ4v) is 1.39. The summed E-state index contributed by atoms with van der Waals surface area (Å²) in [6.45, 7) is 3.86. The van der Waals surface area contributed by atoms with Crippen LogP contribution in [0.4, 0.5) is 0 Å². The van der Waals surface area contributed by atoms with E-state index in [0.29, 0.717) is 24.3 Å². The van der Waals surface area contributed by atoms with Crippen molar-refractivity contribution in [2.75, 3.05) is 20.1 Å². The van der Waals surface area contributed by atoms with Crippen molar-refractivity contribution in [1.29, 1.82) is 0 Å². The zero-order valence-electron chi connectivity index (χ0n) is 11.3. The molecular formula is C13H20I2N4Pt. The van der Waals surface area contributed by atoms with Gasteiger partial charge in [0.2, 0.25) is 0 Å². The van der Waals surface area contributed by atoms with Gasteiger partial charge in [0.1, 0.15) is 0 Å². The van der Waals surface area contributed by atoms with Gasteiger partial charge in [-0.15, -0.1) is 6.54 Å². The molecule has 2 rings (SSSR count). The SMILES string of the molecule is CN1C=CN(Cc2ccccc2)[CH-]1.[I][Pt+2][I].[NH-]CCN. The third kappa shape index (κ3) is 11.3. The van der Waals surface area contributed by atoms with E-state index < -0.39 is 0 Å². The Morgan fingerprint density at radius 3 is 2.20 bits per heavy atom. The van der Waals surface area contributed by atoms with Gasteiger partial charge in [-0.25, -0.2) is 0 Å². The van der Waals surface area contributed by atoms with Crippen LogP contribution in [0.1, 0.15) is 5.56 Å². The van der Waals surface area contributed by atoms with Crippen molar-refractivity contribution < 1.29 is 11.2 Å². The predicted molar refractivity (Wildman–Crippen MR) is 99.5 cm³/mol. The second kappa shape index (κ2) is 14.6. The molecule has 0 saturated heterocycles. The zero-order chi connectivity index (χ0) is 15.2. The minimum Gasteiger partial charge on any atom is -0.676 e. The van der Waals surface area contributed by atoms with Crippen LogP contribution in [0.3, 0.4) is 0 Å². The molecule has 0 aromatic heterocycles. The second-order valence-electron chi connectivity index (χ2n) is 3.82. The molecule has 0 atom stereocenters. The average Bonchev–Trinajstić information content (AvgIpc) is 2.86. The molecule has 4 nitrogen and oxygen atoms in total. The molecule has 1 aliphatic rings. The Bertz CT molecular complexity index is 349. The van der Waals surface area contributed by atoms with Crippen LogP contribution in [0, 0.1) is 6.67 Å². The van der Waals surface area contributed by atoms with Crippen LogP contribution in [0.5, 0.6) is 0 Å². The van der Waals surface area contributed by atoms with E-state index in [-0.39, 0.29) is 0 Å². The number of rotatable bonds is 3. The molecule has 1 aromatic carbocycles. The largest absolute Gasteiger partial charge is 0.676 e. The summed E-state index contributed by atoms with van der Waals surface area (Å²) in [6.07, 6.45) is 4.12. The van der Waals surface area contributed by atoms with Crippen LogP contribution in [-0.4, -0.2) is 29.9 Å². The topological polar surface area (TPSA) is 56.3 Å². The van der Waals surface area contributed by atoms with Gasteiger partial charge < -0.3 is 21.3 Å². The first kappa shape index (κ1) is 20.6. The number of hydrogen-bond donors (Lipinski definition) is 1. The molecule has 0 amide bonds. The van der Waals surface area contributed by atoms with Gasteiger partial charge in [-0.1, -0.05) is 30.3 Å². The van der Waals surface area contributed by atoms with Gasteiger partial charge in [0, 0.05) is 6.54 Å². The molecule has 3 N–H and O–H groups in total. The van der Waals surface area contributed by atoms with Crippen LogP contribution in [0.25, 0.3) is 5.73 Å². The Morgan fingerprint density at radius 2 is 1.80 bits per heavy atom. The van der Waals surface area contributed by atoms with Crippen LogP contribution in [0.2, 0.25) is 0 Å². The average molecular weight is 681 g/mol. The molecular weight excluding hydrogens is 661 g/mol. The standard InChI is InChI=1S/C11H13N2.C2H7N2.2HI.Pt/c1-12-7-8-13(10-12)9-11-5-3-2-4-6-11;3-1-2-4;;;/h2-8,10H,9H2,1H3;3H,1-2,4H2;2*1H;/q2*-1;;;+4/p-2. The first-order valence-electron chi connectivity index (χ1n) is 5.89. The monoisotopic (exact) mass is 681 g/mol. The number of nitrogens with zero attached hydrogens (tertiary/aromatic N) is 2. The molecule has 0 spiro atoms. The summed E-state index contributed by atoms with van der Waals surface area (Å²) in [6, 6.07) is 10.5. The van der Waals surface area contributed by atoms with Gasteiger partial charge in [0.05, 0.1) is 0 Å². The van der Waals surface area contributed by atoms with Crippen LogP contribution >= 0.6 is 38.7 Å². The quantitative estimate of drug-likeness (QED) is 0.391. The Hall–Kier alpha value is 0.628. The summed E-state index contributed by atoms with van der Waals surface area (Å²) in [7, 11) is 2.03. The maximum Gasteiger partial charge on any atom is -0.0268 e. The summed E-state index contributed by atoms with van der Waals surface area (Å²) in [4.78, 5) is 4.21. The Balaban J connectivity index is 0.000000438. The van der Waals surface area contributed by atoms with Crippen LogP contribution in [0.15, 0.2) is 42.7 Å². The van der Waals surface area contributed by atoms with E-state index in [1.54, 1.807) is 0 Å². The van der Waals surface area contributed by atoms with E-state index in [1.165, 1.54) is 5.56 Å². The van der Waals surface area contributed by atoms with E-state index in [1.807, 2.05) is 24.2 Å². The fraction of sp³-hybridized carbons (Fsp3) is 0.308. The summed E-state index contributed by atoms with van der Waals surface area (Å²) in [5.74, 6) is 0. The molecule has 20 heavy (non-hydrogen) atoms. The van der Waals surface area contributed by atoms with E-state index in [9.17, 15) is 0 Å². The summed E-state index contributed by atoms with van der Waals surface area (Å²) >= 11 is 5.30. The normalized spacial score (nSPS) is 12.7. The molecule has 116 valence electrons. The van der Waals surface area contributed by atoms with Crippen molar-refractivity contribution in [1.82, 2.24) is 9.80 Å². The van der Waals surface area contributed by atoms with Crippen molar-refractivity contribution in [2.24, 2.45) is 5.73 Å². The van der Waals surface area contributed by atoms with Crippen LogP contribution < -0.4 is 5.73 Å². The number of nitrogens with one attached hydrogen (secondary N) is 1. The van der Waals surface area contributed by atoms with Gasteiger partial charge in [-0.2, -0.15) is 6.67 Å². The zero-order valence-corrected chi connectivity index (χ0v) is 17.9. The maximum absolute atomic E-state index is 6.33. The first-order valence-corrected chi connectivity index (χ1v) is 18.8. The summed E-state index contributed by atoms with van der Waals surface area (Å²) in [5.41, 5.74) is 12.5. The predicted octanol–water partition coefficient (Wildman–Crippen LogP) is 3.79. The van der Waals surface area contributed by atoms with E-state index >= 15 is 0 Å². The van der Waals surface area contributed by atoms with Crippen molar-refractivity contribution in [3.8, 4) is 0 Å². The van der Waals surface area contributed by atoms with E-state index in [4.69, 9.17) is 11.5 Å². The fourth-order valence-electron chi connectivity index (χ4n) is 1.39. The smallest absolute Gasteiger partial charge is 0.0268 e. The van der Waals surface area contributed by atoms with E-state index in [2.05, 4.69) is 80.7 Å². The Labute approximate surface area is 151 Å². The minimum absolute atomic E-state index is 0.347. The molecule has 0 fully saturated rings. The first-order chi connectivity index (χ1) is 9.67. The van der Waals surface area contributed by atoms with Crippen molar-refractivity contribution in [2.45, 2.75) is 6.54 Å². The van der Waals surface area contributed by atoms with Gasteiger partial charge in [-0.3, -0.25) is 0 Å². The van der Waals surface area contributed by atoms with Crippen molar-refractivity contribution >= 4 is 38.7 Å². The molecule has 0 bridgehead atoms. The molecule has 1 aromatic rings. The van der Waals surface area contributed by atoms with Gasteiger partial charge in [-0.05, 0) is 31.6 Å².